The average Bonchev–Trinajstić information content (AvgIpc) is 3.31. The van der Waals surface area contributed by atoms with Crippen molar-refractivity contribution in [1.82, 2.24) is 20.2 Å². The van der Waals surface area contributed by atoms with E-state index < -0.39 is 6.10 Å². The van der Waals surface area contributed by atoms with Crippen molar-refractivity contribution in [3.05, 3.63) is 28.5 Å². The number of rotatable bonds is 7. The van der Waals surface area contributed by atoms with Crippen LogP contribution in [0.2, 0.25) is 0 Å². The topological polar surface area (TPSA) is 107 Å². The summed E-state index contributed by atoms with van der Waals surface area (Å²) < 4.78 is 0. The molecule has 0 spiro atoms. The Hall–Kier alpha value is -2.52. The van der Waals surface area contributed by atoms with Gasteiger partial charge in [0.1, 0.15) is 11.5 Å². The van der Waals surface area contributed by atoms with Crippen LogP contribution in [0.1, 0.15) is 84.1 Å². The van der Waals surface area contributed by atoms with Crippen molar-refractivity contribution >= 4 is 29.0 Å². The van der Waals surface area contributed by atoms with E-state index in [9.17, 15) is 14.7 Å². The lowest BCUT2D eigenvalue weighted by Crippen LogP contribution is -2.50. The molecule has 2 saturated carbocycles. The second-order valence-electron chi connectivity index (χ2n) is 10.8. The van der Waals surface area contributed by atoms with E-state index in [1.54, 1.807) is 6.20 Å². The monoisotopic (exact) mass is 495 g/mol. The highest BCUT2D eigenvalue weighted by Gasteiger charge is 2.44. The third kappa shape index (κ3) is 4.22. The first-order valence-corrected chi connectivity index (χ1v) is 13.8. The van der Waals surface area contributed by atoms with E-state index in [0.29, 0.717) is 29.0 Å². The number of hydrogen-bond donors (Lipinski definition) is 3. The van der Waals surface area contributed by atoms with Gasteiger partial charge in [0, 0.05) is 29.9 Å². The Morgan fingerprint density at radius 3 is 2.40 bits per heavy atom. The molecule has 2 aliphatic heterocycles. The second-order valence-corrected chi connectivity index (χ2v) is 11.8. The van der Waals surface area contributed by atoms with Gasteiger partial charge in [0.05, 0.1) is 17.0 Å². The standard InChI is InChI=1S/C26H33N5O3S/c1-13-11-21(28-14(2)15-3-4-15)27-12-18(13)23-22(26(34)31-16-5-6-17(31)8-7-16)30-25(35-23)24(33)29-19-9-10-20(19)32/h11-12,14-17,19-20,32H,3-10H2,1-2H3,(H,27,28)(H,29,33)/t14-,16?,17?,19-,20-/m1/s1. The van der Waals surface area contributed by atoms with Crippen LogP contribution >= 0.6 is 11.3 Å². The lowest BCUT2D eigenvalue weighted by atomic mass is 9.89. The van der Waals surface area contributed by atoms with Gasteiger partial charge in [-0.15, -0.1) is 11.3 Å². The highest BCUT2D eigenvalue weighted by atomic mass is 32.1. The highest BCUT2D eigenvalue weighted by Crippen LogP contribution is 2.41. The first-order chi connectivity index (χ1) is 16.9. The first kappa shape index (κ1) is 22.9. The third-order valence-corrected chi connectivity index (χ3v) is 9.41. The van der Waals surface area contributed by atoms with Crippen LogP contribution in [0.5, 0.6) is 0 Å². The molecule has 9 heteroatoms. The second kappa shape index (κ2) is 8.85. The quantitative estimate of drug-likeness (QED) is 0.540. The Morgan fingerprint density at radius 2 is 1.83 bits per heavy atom. The predicted octanol–water partition coefficient (Wildman–Crippen LogP) is 3.74. The van der Waals surface area contributed by atoms with Crippen LogP contribution in [-0.4, -0.2) is 62.1 Å². The normalized spacial score (nSPS) is 28.0. The van der Waals surface area contributed by atoms with Crippen LogP contribution in [0, 0.1) is 12.8 Å². The van der Waals surface area contributed by atoms with Crippen molar-refractivity contribution in [2.45, 2.75) is 95.5 Å². The van der Waals surface area contributed by atoms with Gasteiger partial charge in [-0.3, -0.25) is 9.59 Å². The summed E-state index contributed by atoms with van der Waals surface area (Å²) in [6.45, 7) is 4.21. The van der Waals surface area contributed by atoms with Gasteiger partial charge in [-0.2, -0.15) is 0 Å². The zero-order valence-electron chi connectivity index (χ0n) is 20.3. The molecule has 0 radical (unpaired) electrons. The number of thiazole rings is 1. The van der Waals surface area contributed by atoms with Gasteiger partial charge in [0.15, 0.2) is 5.01 Å². The lowest BCUT2D eigenvalue weighted by molar-refractivity contribution is 0.0447. The zero-order valence-corrected chi connectivity index (χ0v) is 21.1. The first-order valence-electron chi connectivity index (χ1n) is 12.9. The Labute approximate surface area is 209 Å². The maximum Gasteiger partial charge on any atom is 0.280 e. The summed E-state index contributed by atoms with van der Waals surface area (Å²) in [5.74, 6) is 1.14. The van der Waals surface area contributed by atoms with Crippen LogP contribution < -0.4 is 10.6 Å². The summed E-state index contributed by atoms with van der Waals surface area (Å²) in [6.07, 6.45) is 9.45. The van der Waals surface area contributed by atoms with Crippen molar-refractivity contribution in [2.75, 3.05) is 5.32 Å². The molecular weight excluding hydrogens is 462 g/mol. The molecule has 2 aromatic rings. The minimum absolute atomic E-state index is 0.0760. The Bertz CT molecular complexity index is 1140. The van der Waals surface area contributed by atoms with Crippen LogP contribution in [0.15, 0.2) is 12.3 Å². The number of aromatic nitrogens is 2. The van der Waals surface area contributed by atoms with Gasteiger partial charge in [-0.1, -0.05) is 0 Å². The number of nitrogens with zero attached hydrogens (tertiary/aromatic N) is 3. The Balaban J connectivity index is 1.32. The van der Waals surface area contributed by atoms with Crippen LogP contribution in [0.25, 0.3) is 10.4 Å². The van der Waals surface area contributed by atoms with Gasteiger partial charge < -0.3 is 20.6 Å². The van der Waals surface area contributed by atoms with Crippen LogP contribution in [-0.2, 0) is 0 Å². The molecule has 2 saturated heterocycles. The van der Waals surface area contributed by atoms with Gasteiger partial charge in [0.2, 0.25) is 0 Å². The minimum atomic E-state index is -0.510. The van der Waals surface area contributed by atoms with Gasteiger partial charge in [-0.05, 0) is 82.8 Å². The zero-order chi connectivity index (χ0) is 24.3. The number of aliphatic hydroxyl groups is 1. The summed E-state index contributed by atoms with van der Waals surface area (Å²) in [5, 5.41) is 16.5. The number of nitrogens with one attached hydrogen (secondary N) is 2. The molecule has 4 heterocycles. The molecule has 35 heavy (non-hydrogen) atoms. The molecule has 2 amide bonds. The smallest absolute Gasteiger partial charge is 0.280 e. The van der Waals surface area contributed by atoms with Crippen LogP contribution in [0.4, 0.5) is 5.82 Å². The van der Waals surface area contributed by atoms with Crippen molar-refractivity contribution in [2.24, 2.45) is 5.92 Å². The summed E-state index contributed by atoms with van der Waals surface area (Å²) in [6, 6.07) is 2.71. The van der Waals surface area contributed by atoms with E-state index in [0.717, 1.165) is 49.0 Å². The molecule has 186 valence electrons. The molecule has 2 aliphatic carbocycles. The molecule has 8 nitrogen and oxygen atoms in total. The summed E-state index contributed by atoms with van der Waals surface area (Å²) >= 11 is 1.24. The van der Waals surface area contributed by atoms with Gasteiger partial charge in [-0.25, -0.2) is 9.97 Å². The fraction of sp³-hybridized carbons (Fsp3) is 0.615. The average molecular weight is 496 g/mol. The number of hydrogen-bond acceptors (Lipinski definition) is 7. The minimum Gasteiger partial charge on any atom is -0.391 e. The highest BCUT2D eigenvalue weighted by molar-refractivity contribution is 7.17. The summed E-state index contributed by atoms with van der Waals surface area (Å²) in [5.41, 5.74) is 2.18. The maximum absolute atomic E-state index is 13.8. The van der Waals surface area contributed by atoms with E-state index in [2.05, 4.69) is 27.5 Å². The maximum atomic E-state index is 13.8. The number of fused-ring (bicyclic) bond motifs is 2. The van der Waals surface area contributed by atoms with Crippen molar-refractivity contribution in [3.8, 4) is 10.4 Å². The molecule has 4 fully saturated rings. The molecule has 0 unspecified atom stereocenters. The molecule has 2 aromatic heterocycles. The van der Waals surface area contributed by atoms with E-state index in [4.69, 9.17) is 0 Å². The van der Waals surface area contributed by atoms with Crippen molar-refractivity contribution in [3.63, 3.8) is 0 Å². The lowest BCUT2D eigenvalue weighted by Gasteiger charge is -2.32. The number of pyridine rings is 1. The number of amides is 2. The van der Waals surface area contributed by atoms with Crippen molar-refractivity contribution < 1.29 is 14.7 Å². The predicted molar refractivity (Wildman–Crippen MR) is 135 cm³/mol. The SMILES string of the molecule is Cc1cc(N[C@H](C)C2CC2)ncc1-c1sc(C(=O)N[C@@H]2CC[C@H]2O)nc1C(=O)N1C2CCC1CC2. The molecule has 2 bridgehead atoms. The molecule has 3 N–H and O–H groups in total. The fourth-order valence-corrected chi connectivity index (χ4v) is 6.85. The van der Waals surface area contributed by atoms with Gasteiger partial charge >= 0.3 is 0 Å². The van der Waals surface area contributed by atoms with Crippen molar-refractivity contribution in [1.29, 1.82) is 0 Å². The largest absolute Gasteiger partial charge is 0.391 e. The Morgan fingerprint density at radius 1 is 1.11 bits per heavy atom. The third-order valence-electron chi connectivity index (χ3n) is 8.33. The number of anilines is 1. The molecule has 0 aromatic carbocycles. The fourth-order valence-electron chi connectivity index (χ4n) is 5.81. The van der Waals surface area contributed by atoms with Crippen LogP contribution in [0.3, 0.4) is 0 Å². The van der Waals surface area contributed by atoms with E-state index >= 15 is 0 Å². The molecule has 6 rings (SSSR count). The van der Waals surface area contributed by atoms with Gasteiger partial charge in [0.25, 0.3) is 11.8 Å². The summed E-state index contributed by atoms with van der Waals surface area (Å²) in [4.78, 5) is 38.7. The molecular formula is C26H33N5O3S. The number of aryl methyl sites for hydroxylation is 1. The van der Waals surface area contributed by atoms with E-state index in [1.807, 2.05) is 17.9 Å². The van der Waals surface area contributed by atoms with E-state index in [-0.39, 0.29) is 34.9 Å². The summed E-state index contributed by atoms with van der Waals surface area (Å²) in [7, 11) is 0. The molecule has 3 atom stereocenters. The number of aliphatic hydroxyl groups excluding tert-OH is 1. The van der Waals surface area contributed by atoms with E-state index in [1.165, 1.54) is 24.2 Å². The molecule has 4 aliphatic rings. The Kier molecular flexibility index (Phi) is 5.79. The number of carbonyl (C=O) groups excluding carboxylic acids is 2. The number of carbonyl (C=O) groups is 2.